The van der Waals surface area contributed by atoms with E-state index >= 15 is 0 Å². The first-order valence-electron chi connectivity index (χ1n) is 9.05. The minimum atomic E-state index is -0.665. The second-order valence-electron chi connectivity index (χ2n) is 6.33. The maximum Gasteiger partial charge on any atom is 0.360 e. The molecule has 2 aromatic heterocycles. The van der Waals surface area contributed by atoms with Crippen LogP contribution in [0.15, 0.2) is 6.07 Å². The van der Waals surface area contributed by atoms with E-state index < -0.39 is 5.97 Å². The van der Waals surface area contributed by atoms with E-state index in [4.69, 9.17) is 19.9 Å². The monoisotopic (exact) mass is 388 g/mol. The predicted octanol–water partition coefficient (Wildman–Crippen LogP) is 1.70. The number of nitrogens with zero attached hydrogens (tertiary/aromatic N) is 5. The van der Waals surface area contributed by atoms with Gasteiger partial charge in [-0.2, -0.15) is 0 Å². The van der Waals surface area contributed by atoms with Crippen LogP contribution in [0.4, 0.5) is 11.6 Å². The number of rotatable bonds is 5. The first-order valence-corrected chi connectivity index (χ1v) is 9.05. The lowest BCUT2D eigenvalue weighted by Crippen LogP contribution is -2.27. The van der Waals surface area contributed by atoms with Crippen LogP contribution in [0.5, 0.6) is 11.8 Å². The number of hydrogen-bond acceptors (Lipinski definition) is 10. The molecule has 10 heteroatoms. The molecule has 150 valence electrons. The Hall–Kier alpha value is -3.17. The van der Waals surface area contributed by atoms with Gasteiger partial charge in [-0.3, -0.25) is 0 Å². The summed E-state index contributed by atoms with van der Waals surface area (Å²) < 4.78 is 15.4. The largest absolute Gasteiger partial charge is 0.480 e. The van der Waals surface area contributed by atoms with E-state index in [-0.39, 0.29) is 23.3 Å². The van der Waals surface area contributed by atoms with Crippen LogP contribution in [-0.4, -0.2) is 60.6 Å². The third-order valence-electron chi connectivity index (χ3n) is 4.58. The van der Waals surface area contributed by atoms with Crippen LogP contribution in [0.3, 0.4) is 0 Å². The van der Waals surface area contributed by atoms with Gasteiger partial charge in [0, 0.05) is 19.2 Å². The Bertz CT molecular complexity index is 852. The molecule has 1 aliphatic heterocycles. The number of nitrogen functional groups attached to an aromatic ring is 1. The zero-order valence-corrected chi connectivity index (χ0v) is 16.3. The topological polar surface area (TPSA) is 126 Å². The van der Waals surface area contributed by atoms with Crippen molar-refractivity contribution >= 4 is 17.6 Å². The first kappa shape index (κ1) is 19.6. The number of hydrogen-bond donors (Lipinski definition) is 1. The Morgan fingerprint density at radius 2 is 1.75 bits per heavy atom. The number of carbonyl (C=O) groups excluding carboxylic acids is 1. The molecule has 0 amide bonds. The van der Waals surface area contributed by atoms with E-state index in [1.54, 1.807) is 6.07 Å². The molecule has 0 bridgehead atoms. The molecule has 0 radical (unpaired) electrons. The SMILES string of the molecule is COC(=O)c1nc(-c2cc(OC)nnc2OC)c(N2CCCCCC2)nc1N. The number of methoxy groups -OCH3 is 3. The highest BCUT2D eigenvalue weighted by molar-refractivity contribution is 5.94. The molecule has 1 aliphatic rings. The molecule has 0 unspecified atom stereocenters. The molecule has 3 rings (SSSR count). The molecular formula is C18H24N6O4. The van der Waals surface area contributed by atoms with Crippen LogP contribution in [0, 0.1) is 0 Å². The van der Waals surface area contributed by atoms with Crippen molar-refractivity contribution in [2.75, 3.05) is 45.1 Å². The number of anilines is 2. The molecule has 1 saturated heterocycles. The maximum absolute atomic E-state index is 12.1. The van der Waals surface area contributed by atoms with E-state index in [1.807, 2.05) is 0 Å². The molecule has 0 aromatic carbocycles. The zero-order chi connectivity index (χ0) is 20.1. The molecule has 1 fully saturated rings. The Morgan fingerprint density at radius 1 is 1.04 bits per heavy atom. The van der Waals surface area contributed by atoms with Crippen molar-refractivity contribution in [2.24, 2.45) is 0 Å². The summed E-state index contributed by atoms with van der Waals surface area (Å²) in [6.07, 6.45) is 4.38. The lowest BCUT2D eigenvalue weighted by Gasteiger charge is -2.24. The summed E-state index contributed by atoms with van der Waals surface area (Å²) in [6.45, 7) is 1.63. The average molecular weight is 388 g/mol. The number of aromatic nitrogens is 4. The van der Waals surface area contributed by atoms with Crippen molar-refractivity contribution in [2.45, 2.75) is 25.7 Å². The number of carbonyl (C=O) groups is 1. The van der Waals surface area contributed by atoms with E-state index in [1.165, 1.54) is 21.3 Å². The summed E-state index contributed by atoms with van der Waals surface area (Å²) in [5.41, 5.74) is 6.89. The van der Waals surface area contributed by atoms with Gasteiger partial charge in [0.15, 0.2) is 17.3 Å². The minimum absolute atomic E-state index is 0.0165. The van der Waals surface area contributed by atoms with Crippen LogP contribution in [0.1, 0.15) is 36.2 Å². The molecule has 3 heterocycles. The van der Waals surface area contributed by atoms with Crippen LogP contribution in [-0.2, 0) is 4.74 Å². The van der Waals surface area contributed by atoms with Gasteiger partial charge in [-0.25, -0.2) is 14.8 Å². The van der Waals surface area contributed by atoms with Gasteiger partial charge in [0.05, 0.1) is 26.9 Å². The molecule has 28 heavy (non-hydrogen) atoms. The molecule has 10 nitrogen and oxygen atoms in total. The second-order valence-corrected chi connectivity index (χ2v) is 6.33. The normalized spacial score (nSPS) is 14.3. The highest BCUT2D eigenvalue weighted by Crippen LogP contribution is 2.36. The summed E-state index contributed by atoms with van der Waals surface area (Å²) in [6, 6.07) is 1.65. The van der Waals surface area contributed by atoms with Crippen molar-refractivity contribution in [3.05, 3.63) is 11.8 Å². The van der Waals surface area contributed by atoms with Gasteiger partial charge in [0.1, 0.15) is 5.69 Å². The molecular weight excluding hydrogens is 364 g/mol. The highest BCUT2D eigenvalue weighted by atomic mass is 16.5. The third kappa shape index (κ3) is 3.90. The summed E-state index contributed by atoms with van der Waals surface area (Å²) in [5.74, 6) is 0.451. The number of esters is 1. The Balaban J connectivity index is 2.23. The predicted molar refractivity (Wildman–Crippen MR) is 103 cm³/mol. The summed E-state index contributed by atoms with van der Waals surface area (Å²) in [7, 11) is 4.24. The van der Waals surface area contributed by atoms with Crippen LogP contribution >= 0.6 is 0 Å². The van der Waals surface area contributed by atoms with Gasteiger partial charge < -0.3 is 24.8 Å². The number of ether oxygens (including phenoxy) is 3. The minimum Gasteiger partial charge on any atom is -0.480 e. The van der Waals surface area contributed by atoms with Gasteiger partial charge in [0.2, 0.25) is 11.8 Å². The highest BCUT2D eigenvalue weighted by Gasteiger charge is 2.26. The fourth-order valence-electron chi connectivity index (χ4n) is 3.15. The average Bonchev–Trinajstić information content (AvgIpc) is 3.02. The van der Waals surface area contributed by atoms with Crippen molar-refractivity contribution in [1.82, 2.24) is 20.2 Å². The van der Waals surface area contributed by atoms with E-state index in [2.05, 4.69) is 25.1 Å². The smallest absolute Gasteiger partial charge is 0.360 e. The molecule has 0 saturated carbocycles. The van der Waals surface area contributed by atoms with Gasteiger partial charge >= 0.3 is 5.97 Å². The van der Waals surface area contributed by atoms with Crippen molar-refractivity contribution in [1.29, 1.82) is 0 Å². The van der Waals surface area contributed by atoms with Gasteiger partial charge in [-0.05, 0) is 12.8 Å². The quantitative estimate of drug-likeness (QED) is 0.756. The summed E-state index contributed by atoms with van der Waals surface area (Å²) in [4.78, 5) is 23.3. The van der Waals surface area contributed by atoms with E-state index in [9.17, 15) is 4.79 Å². The maximum atomic E-state index is 12.1. The zero-order valence-electron chi connectivity index (χ0n) is 16.3. The summed E-state index contributed by atoms with van der Waals surface area (Å²) >= 11 is 0. The third-order valence-corrected chi connectivity index (χ3v) is 4.58. The second kappa shape index (κ2) is 8.68. The molecule has 0 atom stereocenters. The van der Waals surface area contributed by atoms with Crippen molar-refractivity contribution in [3.8, 4) is 23.0 Å². The van der Waals surface area contributed by atoms with E-state index in [0.717, 1.165) is 38.8 Å². The lowest BCUT2D eigenvalue weighted by atomic mass is 10.1. The fourth-order valence-corrected chi connectivity index (χ4v) is 3.15. The van der Waals surface area contributed by atoms with Crippen molar-refractivity contribution in [3.63, 3.8) is 0 Å². The van der Waals surface area contributed by atoms with Gasteiger partial charge in [-0.15, -0.1) is 10.2 Å². The first-order chi connectivity index (χ1) is 13.6. The standard InChI is InChI=1S/C18H24N6O4/c1-26-12-10-11(17(27-2)23-22-12)13-16(24-8-6-4-5-7-9-24)21-15(19)14(20-13)18(25)28-3/h10H,4-9H2,1-3H3,(H2,19,21). The fraction of sp³-hybridized carbons (Fsp3) is 0.500. The van der Waals surface area contributed by atoms with Gasteiger partial charge in [-0.1, -0.05) is 12.8 Å². The Kier molecular flexibility index (Phi) is 6.07. The Morgan fingerprint density at radius 3 is 2.36 bits per heavy atom. The van der Waals surface area contributed by atoms with Crippen LogP contribution in [0.2, 0.25) is 0 Å². The van der Waals surface area contributed by atoms with Crippen molar-refractivity contribution < 1.29 is 19.0 Å². The Labute approximate surface area is 163 Å². The molecule has 2 N–H and O–H groups in total. The summed E-state index contributed by atoms with van der Waals surface area (Å²) in [5, 5.41) is 7.96. The lowest BCUT2D eigenvalue weighted by molar-refractivity contribution is 0.0595. The molecule has 0 aliphatic carbocycles. The van der Waals surface area contributed by atoms with E-state index in [0.29, 0.717) is 17.1 Å². The van der Waals surface area contributed by atoms with Gasteiger partial charge in [0.25, 0.3) is 0 Å². The molecule has 0 spiro atoms. The van der Waals surface area contributed by atoms with Crippen LogP contribution in [0.25, 0.3) is 11.3 Å². The molecule has 2 aromatic rings. The number of nitrogens with two attached hydrogens (primary N) is 1. The van der Waals surface area contributed by atoms with Crippen LogP contribution < -0.4 is 20.1 Å².